The van der Waals surface area contributed by atoms with Crippen LogP contribution in [-0.4, -0.2) is 17.7 Å². The summed E-state index contributed by atoms with van der Waals surface area (Å²) >= 11 is 0. The third-order valence-electron chi connectivity index (χ3n) is 4.40. The number of carbonyl (C=O) groups excluding carboxylic acids is 3. The fourth-order valence-electron chi connectivity index (χ4n) is 2.96. The molecule has 4 N–H and O–H groups in total. The van der Waals surface area contributed by atoms with Gasteiger partial charge in [-0.15, -0.1) is 0 Å². The standard InChI is InChI=1S/C23H21N3O3/c24-22(28)18-13-7-8-14-19(18)25-21(27)15-20(16-9-3-1-4-10-16)26-23(29)17-11-5-2-6-12-17/h1-14,20H,15H2,(H2,24,28)(H,25,27)(H,26,29). The molecule has 146 valence electrons. The predicted molar refractivity (Wildman–Crippen MR) is 111 cm³/mol. The molecule has 1 unspecified atom stereocenters. The van der Waals surface area contributed by atoms with Gasteiger partial charge >= 0.3 is 0 Å². The maximum atomic E-state index is 12.7. The summed E-state index contributed by atoms with van der Waals surface area (Å²) in [6, 6.07) is 24.0. The summed E-state index contributed by atoms with van der Waals surface area (Å²) in [5.41, 5.74) is 7.24. The Morgan fingerprint density at radius 1 is 0.793 bits per heavy atom. The van der Waals surface area contributed by atoms with Crippen molar-refractivity contribution in [2.45, 2.75) is 12.5 Å². The molecule has 0 heterocycles. The van der Waals surface area contributed by atoms with Gasteiger partial charge < -0.3 is 16.4 Å². The van der Waals surface area contributed by atoms with E-state index in [4.69, 9.17) is 5.73 Å². The summed E-state index contributed by atoms with van der Waals surface area (Å²) in [6.45, 7) is 0. The maximum Gasteiger partial charge on any atom is 0.251 e. The molecule has 0 radical (unpaired) electrons. The molecular formula is C23H21N3O3. The van der Waals surface area contributed by atoms with Crippen LogP contribution in [0, 0.1) is 0 Å². The van der Waals surface area contributed by atoms with Gasteiger partial charge in [-0.2, -0.15) is 0 Å². The third-order valence-corrected chi connectivity index (χ3v) is 4.40. The second-order valence-corrected chi connectivity index (χ2v) is 6.46. The molecule has 6 heteroatoms. The van der Waals surface area contributed by atoms with Gasteiger partial charge in [0.2, 0.25) is 5.91 Å². The first-order valence-electron chi connectivity index (χ1n) is 9.14. The molecule has 0 aliphatic carbocycles. The quantitative estimate of drug-likeness (QED) is 0.580. The lowest BCUT2D eigenvalue weighted by atomic mass is 10.0. The van der Waals surface area contributed by atoms with Crippen LogP contribution in [0.25, 0.3) is 0 Å². The normalized spacial score (nSPS) is 11.3. The SMILES string of the molecule is NC(=O)c1ccccc1NC(=O)CC(NC(=O)c1ccccc1)c1ccccc1. The van der Waals surface area contributed by atoms with E-state index in [2.05, 4.69) is 10.6 Å². The van der Waals surface area contributed by atoms with E-state index < -0.39 is 11.9 Å². The van der Waals surface area contributed by atoms with Gasteiger partial charge in [-0.25, -0.2) is 0 Å². The van der Waals surface area contributed by atoms with E-state index in [1.165, 1.54) is 0 Å². The summed E-state index contributed by atoms with van der Waals surface area (Å²) in [4.78, 5) is 36.8. The molecule has 0 saturated heterocycles. The Kier molecular flexibility index (Phi) is 6.37. The molecule has 0 aromatic heterocycles. The molecule has 6 nitrogen and oxygen atoms in total. The number of nitrogens with two attached hydrogens (primary N) is 1. The average Bonchev–Trinajstić information content (AvgIpc) is 2.74. The largest absolute Gasteiger partial charge is 0.366 e. The lowest BCUT2D eigenvalue weighted by Gasteiger charge is -2.19. The second kappa shape index (κ2) is 9.32. The first-order chi connectivity index (χ1) is 14.0. The van der Waals surface area contributed by atoms with Crippen molar-refractivity contribution in [1.29, 1.82) is 0 Å². The molecule has 0 aliphatic heterocycles. The van der Waals surface area contributed by atoms with Gasteiger partial charge in [-0.05, 0) is 29.8 Å². The zero-order valence-corrected chi connectivity index (χ0v) is 15.7. The highest BCUT2D eigenvalue weighted by molar-refractivity contribution is 6.03. The number of hydrogen-bond donors (Lipinski definition) is 3. The fourth-order valence-corrected chi connectivity index (χ4v) is 2.96. The number of hydrogen-bond acceptors (Lipinski definition) is 3. The van der Waals surface area contributed by atoms with E-state index in [-0.39, 0.29) is 23.8 Å². The minimum atomic E-state index is -0.627. The number of para-hydroxylation sites is 1. The van der Waals surface area contributed by atoms with Crippen molar-refractivity contribution >= 4 is 23.4 Å². The highest BCUT2D eigenvalue weighted by Crippen LogP contribution is 2.20. The smallest absolute Gasteiger partial charge is 0.251 e. The molecule has 0 saturated carbocycles. The Hall–Kier alpha value is -3.93. The number of nitrogens with one attached hydrogen (secondary N) is 2. The predicted octanol–water partition coefficient (Wildman–Crippen LogP) is 3.29. The van der Waals surface area contributed by atoms with E-state index in [0.717, 1.165) is 5.56 Å². The Morgan fingerprint density at radius 2 is 1.38 bits per heavy atom. The number of amides is 3. The number of primary amides is 1. The lowest BCUT2D eigenvalue weighted by molar-refractivity contribution is -0.116. The van der Waals surface area contributed by atoms with Gasteiger partial charge in [0.1, 0.15) is 0 Å². The van der Waals surface area contributed by atoms with E-state index in [1.807, 2.05) is 36.4 Å². The minimum absolute atomic E-state index is 0.00428. The second-order valence-electron chi connectivity index (χ2n) is 6.46. The summed E-state index contributed by atoms with van der Waals surface area (Å²) < 4.78 is 0. The Balaban J connectivity index is 1.78. The van der Waals surface area contributed by atoms with Crippen LogP contribution >= 0.6 is 0 Å². The van der Waals surface area contributed by atoms with Crippen molar-refractivity contribution in [2.75, 3.05) is 5.32 Å². The molecule has 3 aromatic carbocycles. The number of anilines is 1. The van der Waals surface area contributed by atoms with E-state index >= 15 is 0 Å². The van der Waals surface area contributed by atoms with E-state index in [0.29, 0.717) is 11.3 Å². The monoisotopic (exact) mass is 387 g/mol. The van der Waals surface area contributed by atoms with Crippen LogP contribution in [0.2, 0.25) is 0 Å². The van der Waals surface area contributed by atoms with Gasteiger partial charge in [-0.3, -0.25) is 14.4 Å². The van der Waals surface area contributed by atoms with Crippen molar-refractivity contribution in [3.05, 3.63) is 102 Å². The number of benzene rings is 3. The third kappa shape index (κ3) is 5.29. The van der Waals surface area contributed by atoms with Crippen LogP contribution in [0.5, 0.6) is 0 Å². The van der Waals surface area contributed by atoms with Crippen molar-refractivity contribution in [3.8, 4) is 0 Å². The van der Waals surface area contributed by atoms with Gasteiger partial charge in [0.15, 0.2) is 0 Å². The summed E-state index contributed by atoms with van der Waals surface area (Å²) in [6.07, 6.45) is -0.00428. The number of carbonyl (C=O) groups is 3. The molecule has 0 bridgehead atoms. The molecule has 3 amide bonds. The highest BCUT2D eigenvalue weighted by atomic mass is 16.2. The summed E-state index contributed by atoms with van der Waals surface area (Å²) in [7, 11) is 0. The molecular weight excluding hydrogens is 366 g/mol. The molecule has 1 atom stereocenters. The first kappa shape index (κ1) is 19.8. The maximum absolute atomic E-state index is 12.7. The van der Waals surface area contributed by atoms with Crippen molar-refractivity contribution < 1.29 is 14.4 Å². The van der Waals surface area contributed by atoms with Crippen LogP contribution in [0.15, 0.2) is 84.9 Å². The van der Waals surface area contributed by atoms with Crippen molar-refractivity contribution in [2.24, 2.45) is 5.73 Å². The van der Waals surface area contributed by atoms with Crippen molar-refractivity contribution in [3.63, 3.8) is 0 Å². The Labute approximate surface area is 168 Å². The molecule has 0 aliphatic rings. The van der Waals surface area contributed by atoms with E-state index in [1.54, 1.807) is 48.5 Å². The van der Waals surface area contributed by atoms with Gasteiger partial charge in [0.25, 0.3) is 11.8 Å². The average molecular weight is 387 g/mol. The van der Waals surface area contributed by atoms with Crippen LogP contribution in [0.1, 0.15) is 38.7 Å². The summed E-state index contributed by atoms with van der Waals surface area (Å²) in [5, 5.41) is 5.63. The first-order valence-corrected chi connectivity index (χ1v) is 9.14. The Morgan fingerprint density at radius 3 is 2.03 bits per heavy atom. The molecule has 29 heavy (non-hydrogen) atoms. The van der Waals surface area contributed by atoms with Gasteiger partial charge in [0, 0.05) is 5.56 Å². The van der Waals surface area contributed by atoms with Gasteiger partial charge in [0.05, 0.1) is 23.7 Å². The summed E-state index contributed by atoms with van der Waals surface area (Å²) in [5.74, 6) is -1.25. The topological polar surface area (TPSA) is 101 Å². The highest BCUT2D eigenvalue weighted by Gasteiger charge is 2.20. The van der Waals surface area contributed by atoms with Crippen LogP contribution in [-0.2, 0) is 4.79 Å². The van der Waals surface area contributed by atoms with Gasteiger partial charge in [-0.1, -0.05) is 60.7 Å². The van der Waals surface area contributed by atoms with Crippen molar-refractivity contribution in [1.82, 2.24) is 5.32 Å². The lowest BCUT2D eigenvalue weighted by Crippen LogP contribution is -2.31. The van der Waals surface area contributed by atoms with Crippen LogP contribution in [0.3, 0.4) is 0 Å². The Bertz CT molecular complexity index is 1000. The van der Waals surface area contributed by atoms with E-state index in [9.17, 15) is 14.4 Å². The zero-order chi connectivity index (χ0) is 20.6. The molecule has 3 aromatic rings. The zero-order valence-electron chi connectivity index (χ0n) is 15.7. The van der Waals surface area contributed by atoms with Crippen LogP contribution in [0.4, 0.5) is 5.69 Å². The molecule has 0 fully saturated rings. The van der Waals surface area contributed by atoms with Crippen LogP contribution < -0.4 is 16.4 Å². The fraction of sp³-hybridized carbons (Fsp3) is 0.0870. The minimum Gasteiger partial charge on any atom is -0.366 e. The molecule has 3 rings (SSSR count). The number of rotatable bonds is 7. The molecule has 0 spiro atoms.